The van der Waals surface area contributed by atoms with Gasteiger partial charge in [0.15, 0.2) is 0 Å². The summed E-state index contributed by atoms with van der Waals surface area (Å²) in [5.74, 6) is 0.744. The van der Waals surface area contributed by atoms with Crippen molar-refractivity contribution in [3.8, 4) is 0 Å². The van der Waals surface area contributed by atoms with Crippen LogP contribution in [0.4, 0.5) is 0 Å². The maximum atomic E-state index is 6.18. The fourth-order valence-electron chi connectivity index (χ4n) is 4.19. The summed E-state index contributed by atoms with van der Waals surface area (Å²) in [5, 5.41) is 0. The fraction of sp³-hybridized carbons (Fsp3) is 1.00. The van der Waals surface area contributed by atoms with E-state index < -0.39 is 0 Å². The second-order valence-electron chi connectivity index (χ2n) is 6.77. The van der Waals surface area contributed by atoms with Crippen LogP contribution in [0.25, 0.3) is 0 Å². The van der Waals surface area contributed by atoms with Gasteiger partial charge in [-0.15, -0.1) is 0 Å². The lowest BCUT2D eigenvalue weighted by Crippen LogP contribution is -2.56. The molecule has 94 valence electrons. The van der Waals surface area contributed by atoms with Crippen LogP contribution in [0, 0.1) is 11.3 Å². The van der Waals surface area contributed by atoms with E-state index in [0.29, 0.717) is 11.0 Å². The standard InChI is InChI=1S/C14H28N2/c1-5-16(12-6-7-12)14(10-15)9-13(3,4)8-11(14)2/h11-12H,5-10,15H2,1-4H3. The van der Waals surface area contributed by atoms with Crippen LogP contribution in [-0.4, -0.2) is 29.6 Å². The first kappa shape index (κ1) is 12.4. The Balaban J connectivity index is 2.23. The van der Waals surface area contributed by atoms with Crippen LogP contribution in [0.1, 0.15) is 53.4 Å². The molecule has 2 saturated carbocycles. The lowest BCUT2D eigenvalue weighted by molar-refractivity contribution is 0.0560. The highest BCUT2D eigenvalue weighted by atomic mass is 15.3. The van der Waals surface area contributed by atoms with Crippen molar-refractivity contribution in [2.75, 3.05) is 13.1 Å². The fourth-order valence-corrected chi connectivity index (χ4v) is 4.19. The van der Waals surface area contributed by atoms with E-state index in [9.17, 15) is 0 Å². The Morgan fingerprint density at radius 2 is 1.94 bits per heavy atom. The maximum Gasteiger partial charge on any atom is 0.0365 e. The van der Waals surface area contributed by atoms with Gasteiger partial charge in [0.2, 0.25) is 0 Å². The quantitative estimate of drug-likeness (QED) is 0.795. The Kier molecular flexibility index (Phi) is 3.09. The molecule has 0 radical (unpaired) electrons. The average Bonchev–Trinajstić information content (AvgIpc) is 2.96. The molecule has 0 aromatic heterocycles. The SMILES string of the molecule is CCN(C1CC1)C1(CN)CC(C)(C)CC1C. The number of hydrogen-bond acceptors (Lipinski definition) is 2. The highest BCUT2D eigenvalue weighted by Gasteiger charge is 2.53. The molecule has 0 bridgehead atoms. The van der Waals surface area contributed by atoms with E-state index >= 15 is 0 Å². The molecule has 0 aromatic rings. The van der Waals surface area contributed by atoms with Crippen molar-refractivity contribution in [3.63, 3.8) is 0 Å². The molecule has 0 heterocycles. The molecule has 0 aliphatic heterocycles. The second kappa shape index (κ2) is 3.99. The molecular weight excluding hydrogens is 196 g/mol. The van der Waals surface area contributed by atoms with Gasteiger partial charge in [0.25, 0.3) is 0 Å². The molecule has 0 aromatic carbocycles. The topological polar surface area (TPSA) is 29.3 Å². The van der Waals surface area contributed by atoms with Crippen LogP contribution >= 0.6 is 0 Å². The van der Waals surface area contributed by atoms with Gasteiger partial charge in [-0.25, -0.2) is 0 Å². The van der Waals surface area contributed by atoms with Crippen molar-refractivity contribution >= 4 is 0 Å². The molecule has 2 nitrogen and oxygen atoms in total. The van der Waals surface area contributed by atoms with Crippen LogP contribution < -0.4 is 5.73 Å². The first-order valence-corrected chi connectivity index (χ1v) is 6.92. The number of nitrogens with zero attached hydrogens (tertiary/aromatic N) is 1. The molecule has 0 saturated heterocycles. The highest BCUT2D eigenvalue weighted by molar-refractivity contribution is 5.09. The molecule has 2 fully saturated rings. The first-order valence-electron chi connectivity index (χ1n) is 6.92. The summed E-state index contributed by atoms with van der Waals surface area (Å²) in [4.78, 5) is 2.73. The van der Waals surface area contributed by atoms with Crippen molar-refractivity contribution in [3.05, 3.63) is 0 Å². The van der Waals surface area contributed by atoms with Gasteiger partial charge in [-0.2, -0.15) is 0 Å². The van der Waals surface area contributed by atoms with E-state index in [0.717, 1.165) is 18.5 Å². The van der Waals surface area contributed by atoms with E-state index in [4.69, 9.17) is 5.73 Å². The Morgan fingerprint density at radius 3 is 2.25 bits per heavy atom. The minimum atomic E-state index is 0.291. The summed E-state index contributed by atoms with van der Waals surface area (Å²) < 4.78 is 0. The third-order valence-corrected chi connectivity index (χ3v) is 4.81. The van der Waals surface area contributed by atoms with Crippen molar-refractivity contribution in [1.82, 2.24) is 4.90 Å². The molecule has 0 spiro atoms. The van der Waals surface area contributed by atoms with Gasteiger partial charge in [-0.3, -0.25) is 4.90 Å². The highest BCUT2D eigenvalue weighted by Crippen LogP contribution is 2.52. The minimum Gasteiger partial charge on any atom is -0.329 e. The van der Waals surface area contributed by atoms with Gasteiger partial charge in [-0.05, 0) is 43.6 Å². The molecule has 16 heavy (non-hydrogen) atoms. The average molecular weight is 224 g/mol. The molecule has 2 aliphatic rings. The van der Waals surface area contributed by atoms with Crippen LogP contribution in [-0.2, 0) is 0 Å². The Labute approximate surface area is 101 Å². The van der Waals surface area contributed by atoms with E-state index in [1.54, 1.807) is 0 Å². The Hall–Kier alpha value is -0.0800. The van der Waals surface area contributed by atoms with Gasteiger partial charge in [-0.1, -0.05) is 27.7 Å². The molecule has 2 atom stereocenters. The van der Waals surface area contributed by atoms with Gasteiger partial charge < -0.3 is 5.73 Å². The van der Waals surface area contributed by atoms with Crippen LogP contribution in [0.2, 0.25) is 0 Å². The number of nitrogens with two attached hydrogens (primary N) is 1. The molecule has 2 N–H and O–H groups in total. The summed E-state index contributed by atoms with van der Waals surface area (Å²) in [6.45, 7) is 11.5. The molecular formula is C14H28N2. The predicted octanol–water partition coefficient (Wildman–Crippen LogP) is 2.62. The maximum absolute atomic E-state index is 6.18. The van der Waals surface area contributed by atoms with Crippen molar-refractivity contribution in [2.45, 2.75) is 65.0 Å². The van der Waals surface area contributed by atoms with E-state index in [2.05, 4.69) is 32.6 Å². The van der Waals surface area contributed by atoms with Crippen molar-refractivity contribution in [2.24, 2.45) is 17.1 Å². The lowest BCUT2D eigenvalue weighted by atomic mass is 9.84. The predicted molar refractivity (Wildman–Crippen MR) is 69.4 cm³/mol. The van der Waals surface area contributed by atoms with Gasteiger partial charge >= 0.3 is 0 Å². The van der Waals surface area contributed by atoms with Crippen LogP contribution in [0.5, 0.6) is 0 Å². The molecule has 2 heteroatoms. The zero-order valence-electron chi connectivity index (χ0n) is 11.4. The van der Waals surface area contributed by atoms with Crippen LogP contribution in [0.15, 0.2) is 0 Å². The van der Waals surface area contributed by atoms with E-state index in [-0.39, 0.29) is 0 Å². The minimum absolute atomic E-state index is 0.291. The number of likely N-dealkylation sites (N-methyl/N-ethyl adjacent to an activating group) is 1. The Bertz CT molecular complexity index is 257. The van der Waals surface area contributed by atoms with Crippen molar-refractivity contribution in [1.29, 1.82) is 0 Å². The zero-order chi connectivity index (χ0) is 12.0. The summed E-state index contributed by atoms with van der Waals surface area (Å²) in [5.41, 5.74) is 6.95. The van der Waals surface area contributed by atoms with E-state index in [1.807, 2.05) is 0 Å². The smallest absolute Gasteiger partial charge is 0.0365 e. The largest absolute Gasteiger partial charge is 0.329 e. The van der Waals surface area contributed by atoms with Gasteiger partial charge in [0, 0.05) is 18.1 Å². The molecule has 2 unspecified atom stereocenters. The summed E-state index contributed by atoms with van der Waals surface area (Å²) in [7, 11) is 0. The number of rotatable bonds is 4. The van der Waals surface area contributed by atoms with Crippen molar-refractivity contribution < 1.29 is 0 Å². The summed E-state index contributed by atoms with van der Waals surface area (Å²) in [6, 6.07) is 0.838. The zero-order valence-corrected chi connectivity index (χ0v) is 11.4. The summed E-state index contributed by atoms with van der Waals surface area (Å²) in [6.07, 6.45) is 5.39. The number of hydrogen-bond donors (Lipinski definition) is 1. The Morgan fingerprint density at radius 1 is 1.31 bits per heavy atom. The second-order valence-corrected chi connectivity index (χ2v) is 6.77. The lowest BCUT2D eigenvalue weighted by Gasteiger charge is -2.44. The summed E-state index contributed by atoms with van der Waals surface area (Å²) >= 11 is 0. The third-order valence-electron chi connectivity index (χ3n) is 4.81. The van der Waals surface area contributed by atoms with Gasteiger partial charge in [0.05, 0.1) is 0 Å². The monoisotopic (exact) mass is 224 g/mol. The molecule has 0 amide bonds. The van der Waals surface area contributed by atoms with E-state index in [1.165, 1.54) is 32.2 Å². The van der Waals surface area contributed by atoms with Crippen LogP contribution in [0.3, 0.4) is 0 Å². The molecule has 2 aliphatic carbocycles. The first-order chi connectivity index (χ1) is 7.45. The third kappa shape index (κ3) is 1.91. The molecule has 2 rings (SSSR count). The normalized spacial score (nSPS) is 38.2. The van der Waals surface area contributed by atoms with Gasteiger partial charge in [0.1, 0.15) is 0 Å².